The third kappa shape index (κ3) is 7.87. The topological polar surface area (TPSA) is 61.0 Å². The molecule has 4 aromatic carbocycles. The van der Waals surface area contributed by atoms with Gasteiger partial charge in [0.2, 0.25) is 0 Å². The van der Waals surface area contributed by atoms with Crippen molar-refractivity contribution in [1.82, 2.24) is 9.97 Å². The maximum absolute atomic E-state index is 13.7. The molecule has 0 aliphatic heterocycles. The van der Waals surface area contributed by atoms with Gasteiger partial charge in [-0.2, -0.15) is 0 Å². The zero-order valence-electron chi connectivity index (χ0n) is 21.2. The van der Waals surface area contributed by atoms with Gasteiger partial charge in [-0.3, -0.25) is 0 Å². The molecule has 0 bridgehead atoms. The molecule has 0 aliphatic rings. The van der Waals surface area contributed by atoms with Crippen LogP contribution < -0.4 is 4.74 Å². The van der Waals surface area contributed by atoms with Gasteiger partial charge in [-0.05, 0) is 72.8 Å². The zero-order chi connectivity index (χ0) is 29.7. The predicted octanol–water partition coefficient (Wildman–Crippen LogP) is 11.1. The first kappa shape index (κ1) is 31.4. The van der Waals surface area contributed by atoms with E-state index in [-0.39, 0.29) is 20.6 Å². The Labute approximate surface area is 270 Å². The largest absolute Gasteiger partial charge is 0.507 e. The highest BCUT2D eigenvalue weighted by atomic mass is 79.9. The fourth-order valence-electron chi connectivity index (χ4n) is 4.14. The molecule has 2 aromatic heterocycles. The number of ether oxygens (including phenoxy) is 1. The predicted molar refractivity (Wildman–Crippen MR) is 178 cm³/mol. The normalized spacial score (nSPS) is 10.5. The number of nitrogens with one attached hydrogen (secondary N) is 2. The van der Waals surface area contributed by atoms with Crippen LogP contribution in [0.15, 0.2) is 84.9 Å². The number of aromatic hydroxyl groups is 1. The van der Waals surface area contributed by atoms with Crippen molar-refractivity contribution in [3.8, 4) is 34.0 Å². The fourth-order valence-corrected chi connectivity index (χ4v) is 4.49. The third-order valence-corrected chi connectivity index (χ3v) is 6.39. The average Bonchev–Trinajstić information content (AvgIpc) is 3.56. The highest BCUT2D eigenvalue weighted by Gasteiger charge is 2.12. The van der Waals surface area contributed by atoms with Crippen LogP contribution in [-0.2, 0) is 0 Å². The summed E-state index contributed by atoms with van der Waals surface area (Å²) in [5, 5.41) is 12.0. The number of aromatic amines is 2. The standard InChI is InChI=1S/C15H11ClFNO.C14H9ClFNO.BBr3/c1-19-15-6-5-9(16)7-11(15)14-8-10-12(17)3-2-4-13(10)18-14;15-8-4-5-14(18)10(6-8)13-7-9-11(16)2-1-3-12(9)17-13;2-1(3)4/h2-8,18H,1H3;1-7,17-18H;. The van der Waals surface area contributed by atoms with Crippen LogP contribution in [0.4, 0.5) is 8.78 Å². The number of hydrogen-bond acceptors (Lipinski definition) is 2. The molecule has 0 radical (unpaired) electrons. The lowest BCUT2D eigenvalue weighted by molar-refractivity contribution is 0.416. The first-order valence-corrected chi connectivity index (χ1v) is 15.4. The lowest BCUT2D eigenvalue weighted by atomic mass is 10.1. The number of hydrogen-bond donors (Lipinski definition) is 3. The molecule has 12 heteroatoms. The van der Waals surface area contributed by atoms with E-state index in [2.05, 4.69) is 57.2 Å². The molecule has 0 spiro atoms. The van der Waals surface area contributed by atoms with Crippen molar-refractivity contribution in [1.29, 1.82) is 0 Å². The zero-order valence-corrected chi connectivity index (χ0v) is 27.4. The van der Waals surface area contributed by atoms with E-state index in [9.17, 15) is 13.9 Å². The smallest absolute Gasteiger partial charge is 0.369 e. The number of benzene rings is 4. The number of halogens is 7. The lowest BCUT2D eigenvalue weighted by Crippen LogP contribution is -1.87. The maximum Gasteiger partial charge on any atom is 0.369 e. The Kier molecular flexibility index (Phi) is 10.8. The van der Waals surface area contributed by atoms with E-state index in [1.54, 1.807) is 67.8 Å². The molecule has 0 saturated heterocycles. The van der Waals surface area contributed by atoms with Crippen LogP contribution in [0.3, 0.4) is 0 Å². The molecule has 0 aliphatic carbocycles. The molecule has 41 heavy (non-hydrogen) atoms. The van der Waals surface area contributed by atoms with Crippen LogP contribution in [0.2, 0.25) is 10.0 Å². The molecule has 0 atom stereocenters. The molecule has 0 unspecified atom stereocenters. The van der Waals surface area contributed by atoms with Crippen LogP contribution >= 0.6 is 70.5 Å². The molecule has 0 saturated carbocycles. The summed E-state index contributed by atoms with van der Waals surface area (Å²) in [4.78, 5) is 6.24. The minimum atomic E-state index is -0.295. The van der Waals surface area contributed by atoms with Gasteiger partial charge in [-0.1, -0.05) is 35.3 Å². The Bertz CT molecular complexity index is 1810. The number of phenols is 1. The van der Waals surface area contributed by atoms with Crippen molar-refractivity contribution in [2.45, 2.75) is 0 Å². The summed E-state index contributed by atoms with van der Waals surface area (Å²) in [6.45, 7) is 0. The van der Waals surface area contributed by atoms with Crippen molar-refractivity contribution >= 4 is 95.5 Å². The molecule has 0 fully saturated rings. The van der Waals surface area contributed by atoms with Crippen molar-refractivity contribution in [3.63, 3.8) is 0 Å². The second kappa shape index (κ2) is 14.1. The van der Waals surface area contributed by atoms with Crippen LogP contribution in [0.5, 0.6) is 11.5 Å². The lowest BCUT2D eigenvalue weighted by Gasteiger charge is -2.06. The number of rotatable bonds is 3. The quantitative estimate of drug-likeness (QED) is 0.156. The molecule has 210 valence electrons. The van der Waals surface area contributed by atoms with Gasteiger partial charge < -0.3 is 19.8 Å². The molecule has 3 N–H and O–H groups in total. The van der Waals surface area contributed by atoms with Crippen molar-refractivity contribution in [2.24, 2.45) is 0 Å². The van der Waals surface area contributed by atoms with Crippen molar-refractivity contribution in [2.75, 3.05) is 7.11 Å². The molecule has 0 amide bonds. The highest BCUT2D eigenvalue weighted by molar-refractivity contribution is 9.69. The van der Waals surface area contributed by atoms with Crippen LogP contribution in [-0.4, -0.2) is 25.4 Å². The summed E-state index contributed by atoms with van der Waals surface area (Å²) < 4.78 is 32.9. The van der Waals surface area contributed by atoms with Gasteiger partial charge in [0.05, 0.1) is 18.5 Å². The van der Waals surface area contributed by atoms with E-state index in [1.807, 2.05) is 6.07 Å². The van der Waals surface area contributed by atoms with Crippen molar-refractivity contribution in [3.05, 3.63) is 107 Å². The van der Waals surface area contributed by atoms with Crippen molar-refractivity contribution < 1.29 is 18.6 Å². The molecule has 4 nitrogen and oxygen atoms in total. The summed E-state index contributed by atoms with van der Waals surface area (Å²) in [5.41, 5.74) is 4.21. The second-order valence-electron chi connectivity index (χ2n) is 8.52. The van der Waals surface area contributed by atoms with E-state index in [1.165, 1.54) is 18.2 Å². The minimum Gasteiger partial charge on any atom is -0.507 e. The summed E-state index contributed by atoms with van der Waals surface area (Å²) in [6, 6.07) is 23.3. The molecule has 6 aromatic rings. The molecular weight excluding hydrogens is 768 g/mol. The van der Waals surface area contributed by atoms with Gasteiger partial charge in [-0.25, -0.2) is 8.78 Å². The molecule has 6 rings (SSSR count). The van der Waals surface area contributed by atoms with Crippen LogP contribution in [0.25, 0.3) is 44.3 Å². The number of phenolic OH excluding ortho intramolecular Hbond substituents is 1. The Balaban J connectivity index is 0.000000168. The Morgan fingerprint density at radius 1 is 0.707 bits per heavy atom. The number of fused-ring (bicyclic) bond motifs is 2. The maximum atomic E-state index is 13.7. The van der Waals surface area contributed by atoms with Gasteiger partial charge in [0.25, 0.3) is 0 Å². The summed E-state index contributed by atoms with van der Waals surface area (Å²) in [6.07, 6.45) is 0. The Morgan fingerprint density at radius 2 is 1.17 bits per heavy atom. The number of H-pyrrole nitrogens is 2. The Morgan fingerprint density at radius 3 is 1.66 bits per heavy atom. The van der Waals surface area contributed by atoms with Gasteiger partial charge in [0.1, 0.15) is 23.1 Å². The van der Waals surface area contributed by atoms with Crippen LogP contribution in [0, 0.1) is 11.6 Å². The van der Waals surface area contributed by atoms with E-state index >= 15 is 0 Å². The summed E-state index contributed by atoms with van der Waals surface area (Å²) in [5.74, 6) is 0.250. The second-order valence-corrected chi connectivity index (χ2v) is 15.8. The van der Waals surface area contributed by atoms with E-state index in [4.69, 9.17) is 27.9 Å². The van der Waals surface area contributed by atoms with Gasteiger partial charge >= 0.3 is 3.18 Å². The number of methoxy groups -OCH3 is 1. The van der Waals surface area contributed by atoms with E-state index in [0.29, 0.717) is 43.3 Å². The van der Waals surface area contributed by atoms with Crippen LogP contribution in [0.1, 0.15) is 0 Å². The van der Waals surface area contributed by atoms with Gasteiger partial charge in [0.15, 0.2) is 0 Å². The monoisotopic (exact) mass is 784 g/mol. The Hall–Kier alpha value is -2.50. The molecular formula is C29H20BBr3Cl2F2N2O2. The van der Waals surface area contributed by atoms with Gasteiger partial charge in [-0.15, -0.1) is 47.3 Å². The van der Waals surface area contributed by atoms with Gasteiger partial charge in [0, 0.05) is 43.0 Å². The fraction of sp³-hybridized carbons (Fsp3) is 0.0345. The summed E-state index contributed by atoms with van der Waals surface area (Å²) >= 11 is 21.2. The molecule has 2 heterocycles. The van der Waals surface area contributed by atoms with E-state index in [0.717, 1.165) is 16.8 Å². The summed E-state index contributed by atoms with van der Waals surface area (Å²) in [7, 11) is 1.59. The highest BCUT2D eigenvalue weighted by Crippen LogP contribution is 2.35. The van der Waals surface area contributed by atoms with E-state index < -0.39 is 0 Å². The average molecular weight is 788 g/mol. The minimum absolute atomic E-state index is 0.103. The first-order valence-electron chi connectivity index (χ1n) is 11.9. The first-order chi connectivity index (χ1) is 19.6. The SMILES string of the molecule is BrB(Br)Br.COc1ccc(Cl)cc1-c1cc2c(F)cccc2[nH]1.Oc1ccc(Cl)cc1-c1cc2c(F)cccc2[nH]1. The third-order valence-electron chi connectivity index (χ3n) is 5.92. The number of aromatic nitrogens is 2.